The molecule has 0 aliphatic heterocycles. The molecule has 0 fully saturated rings. The van der Waals surface area contributed by atoms with Gasteiger partial charge in [0, 0.05) is 0 Å². The Hall–Kier alpha value is -2.87. The molecule has 1 heterocycles. The first-order valence-electron chi connectivity index (χ1n) is 8.77. The number of ether oxygens (including phenoxy) is 2. The summed E-state index contributed by atoms with van der Waals surface area (Å²) in [6, 6.07) is 10.3. The van der Waals surface area contributed by atoms with Crippen LogP contribution in [0.1, 0.15) is 25.8 Å². The maximum atomic E-state index is 12.5. The van der Waals surface area contributed by atoms with Crippen LogP contribution in [0.15, 0.2) is 55.6 Å². The monoisotopic (exact) mass is 445 g/mol. The highest BCUT2D eigenvalue weighted by molar-refractivity contribution is 9.10. The first-order valence-corrected chi connectivity index (χ1v) is 9.56. The van der Waals surface area contributed by atoms with E-state index in [9.17, 15) is 9.59 Å². The van der Waals surface area contributed by atoms with Crippen molar-refractivity contribution in [2.75, 3.05) is 7.11 Å². The molecule has 1 aromatic heterocycles. The van der Waals surface area contributed by atoms with Crippen LogP contribution in [0.2, 0.25) is 0 Å². The second-order valence-corrected chi connectivity index (χ2v) is 7.06. The van der Waals surface area contributed by atoms with E-state index in [1.165, 1.54) is 6.21 Å². The first-order chi connectivity index (χ1) is 13.4. The topological polar surface area (TPSA) is 85.7 Å². The molecule has 0 spiro atoms. The third kappa shape index (κ3) is 4.01. The Bertz CT molecular complexity index is 1150. The van der Waals surface area contributed by atoms with Gasteiger partial charge in [-0.15, -0.1) is 4.68 Å². The van der Waals surface area contributed by atoms with Crippen LogP contribution in [0.4, 0.5) is 0 Å². The average Bonchev–Trinajstić information content (AvgIpc) is 2.69. The fourth-order valence-electron chi connectivity index (χ4n) is 2.60. The van der Waals surface area contributed by atoms with E-state index in [0.717, 1.165) is 11.1 Å². The zero-order chi connectivity index (χ0) is 20.3. The fourth-order valence-corrected chi connectivity index (χ4v) is 3.15. The number of hydrogen-bond acceptors (Lipinski definition) is 5. The van der Waals surface area contributed by atoms with Crippen LogP contribution in [0, 0.1) is 0 Å². The lowest BCUT2D eigenvalue weighted by molar-refractivity contribution is 0.206. The number of benzene rings is 2. The standard InChI is InChI=1S/C20H20BrN3O4/c1-4-12(2)28-18-15(21)9-13(10-17(18)27-3)11-22-24-19(25)14-7-5-6-8-16(14)23-20(24)26/h5-12H,4H2,1-3H3,(H,23,26)/t12-/m0/s1. The van der Waals surface area contributed by atoms with Crippen molar-refractivity contribution in [2.24, 2.45) is 5.10 Å². The molecule has 1 N–H and O–H groups in total. The molecule has 7 nitrogen and oxygen atoms in total. The molecule has 0 amide bonds. The highest BCUT2D eigenvalue weighted by Crippen LogP contribution is 2.37. The van der Waals surface area contributed by atoms with Crippen molar-refractivity contribution in [3.05, 3.63) is 67.3 Å². The quantitative estimate of drug-likeness (QED) is 0.588. The van der Waals surface area contributed by atoms with E-state index >= 15 is 0 Å². The van der Waals surface area contributed by atoms with Gasteiger partial charge in [0.05, 0.1) is 34.8 Å². The van der Waals surface area contributed by atoms with Crippen molar-refractivity contribution < 1.29 is 9.47 Å². The maximum Gasteiger partial charge on any atom is 0.349 e. The van der Waals surface area contributed by atoms with Gasteiger partial charge in [-0.2, -0.15) is 5.10 Å². The molecule has 0 saturated heterocycles. The normalized spacial score (nSPS) is 12.4. The van der Waals surface area contributed by atoms with Crippen molar-refractivity contribution >= 4 is 33.0 Å². The van der Waals surface area contributed by atoms with E-state index in [1.807, 2.05) is 13.8 Å². The number of nitrogens with one attached hydrogen (secondary N) is 1. The average molecular weight is 446 g/mol. The van der Waals surface area contributed by atoms with Gasteiger partial charge in [0.15, 0.2) is 11.5 Å². The van der Waals surface area contributed by atoms with E-state index in [-0.39, 0.29) is 6.10 Å². The predicted octanol–water partition coefficient (Wildman–Crippen LogP) is 3.52. The number of fused-ring (bicyclic) bond motifs is 1. The summed E-state index contributed by atoms with van der Waals surface area (Å²) in [4.78, 5) is 27.4. The molecule has 0 unspecified atom stereocenters. The van der Waals surface area contributed by atoms with Crippen molar-refractivity contribution in [2.45, 2.75) is 26.4 Å². The van der Waals surface area contributed by atoms with Crippen LogP contribution in [0.3, 0.4) is 0 Å². The molecule has 0 aliphatic carbocycles. The number of hydrogen-bond donors (Lipinski definition) is 1. The zero-order valence-corrected chi connectivity index (χ0v) is 17.3. The van der Waals surface area contributed by atoms with Crippen LogP contribution in [0.5, 0.6) is 11.5 Å². The van der Waals surface area contributed by atoms with Gasteiger partial charge in [0.1, 0.15) is 0 Å². The van der Waals surface area contributed by atoms with Gasteiger partial charge in [0.2, 0.25) is 0 Å². The summed E-state index contributed by atoms with van der Waals surface area (Å²) in [5.41, 5.74) is 0.0145. The molecule has 2 aromatic carbocycles. The van der Waals surface area contributed by atoms with Gasteiger partial charge >= 0.3 is 5.69 Å². The Morgan fingerprint density at radius 3 is 2.75 bits per heavy atom. The Kier molecular flexibility index (Phi) is 5.99. The van der Waals surface area contributed by atoms with Crippen molar-refractivity contribution in [3.8, 4) is 11.5 Å². The lowest BCUT2D eigenvalue weighted by Crippen LogP contribution is -2.32. The third-order valence-corrected chi connectivity index (χ3v) is 4.84. The van der Waals surface area contributed by atoms with E-state index in [1.54, 1.807) is 43.5 Å². The van der Waals surface area contributed by atoms with Crippen LogP contribution < -0.4 is 20.7 Å². The largest absolute Gasteiger partial charge is 0.493 e. The second-order valence-electron chi connectivity index (χ2n) is 6.21. The van der Waals surface area contributed by atoms with Gasteiger partial charge < -0.3 is 14.5 Å². The summed E-state index contributed by atoms with van der Waals surface area (Å²) in [5, 5.41) is 4.45. The van der Waals surface area contributed by atoms with E-state index in [2.05, 4.69) is 26.0 Å². The summed E-state index contributed by atoms with van der Waals surface area (Å²) in [5.74, 6) is 1.12. The van der Waals surface area contributed by atoms with Gasteiger partial charge in [0.25, 0.3) is 5.56 Å². The van der Waals surface area contributed by atoms with E-state index in [4.69, 9.17) is 9.47 Å². The van der Waals surface area contributed by atoms with Crippen LogP contribution in [0.25, 0.3) is 10.9 Å². The van der Waals surface area contributed by atoms with Crippen molar-refractivity contribution in [3.63, 3.8) is 0 Å². The number of aromatic nitrogens is 2. The van der Waals surface area contributed by atoms with Crippen LogP contribution >= 0.6 is 15.9 Å². The summed E-state index contributed by atoms with van der Waals surface area (Å²) < 4.78 is 12.8. The number of methoxy groups -OCH3 is 1. The molecule has 146 valence electrons. The minimum Gasteiger partial charge on any atom is -0.493 e. The molecule has 8 heteroatoms. The second kappa shape index (κ2) is 8.43. The Morgan fingerprint density at radius 1 is 1.29 bits per heavy atom. The summed E-state index contributed by atoms with van der Waals surface area (Å²) in [6.45, 7) is 4.00. The highest BCUT2D eigenvalue weighted by Gasteiger charge is 2.14. The smallest absolute Gasteiger partial charge is 0.349 e. The van der Waals surface area contributed by atoms with Gasteiger partial charge in [-0.3, -0.25) is 4.79 Å². The third-order valence-electron chi connectivity index (χ3n) is 4.25. The number of H-pyrrole nitrogens is 1. The molecule has 28 heavy (non-hydrogen) atoms. The summed E-state index contributed by atoms with van der Waals surface area (Å²) in [6.07, 6.45) is 2.30. The van der Waals surface area contributed by atoms with Crippen LogP contribution in [-0.2, 0) is 0 Å². The van der Waals surface area contributed by atoms with E-state index in [0.29, 0.717) is 32.4 Å². The molecular formula is C20H20BrN3O4. The molecule has 0 aliphatic rings. The number of nitrogens with zero attached hydrogens (tertiary/aromatic N) is 2. The molecule has 0 radical (unpaired) electrons. The van der Waals surface area contributed by atoms with Gasteiger partial charge in [-0.25, -0.2) is 4.79 Å². The maximum absolute atomic E-state index is 12.5. The molecule has 3 rings (SSSR count). The molecule has 0 saturated carbocycles. The zero-order valence-electron chi connectivity index (χ0n) is 15.7. The molecule has 3 aromatic rings. The molecule has 1 atom stereocenters. The minimum absolute atomic E-state index is 0.0273. The highest BCUT2D eigenvalue weighted by atomic mass is 79.9. The minimum atomic E-state index is -0.609. The summed E-state index contributed by atoms with van der Waals surface area (Å²) in [7, 11) is 1.55. The lowest BCUT2D eigenvalue weighted by atomic mass is 10.2. The Morgan fingerprint density at radius 2 is 2.04 bits per heavy atom. The number of rotatable bonds is 6. The molecular weight excluding hydrogens is 426 g/mol. The van der Waals surface area contributed by atoms with Crippen molar-refractivity contribution in [1.29, 1.82) is 0 Å². The number of aromatic amines is 1. The van der Waals surface area contributed by atoms with Gasteiger partial charge in [-0.1, -0.05) is 19.1 Å². The first kappa shape index (κ1) is 19.9. The van der Waals surface area contributed by atoms with Crippen LogP contribution in [-0.4, -0.2) is 29.1 Å². The van der Waals surface area contributed by atoms with E-state index < -0.39 is 11.2 Å². The number of para-hydroxylation sites is 1. The van der Waals surface area contributed by atoms with Gasteiger partial charge in [-0.05, 0) is 59.1 Å². The Labute approximate surface area is 169 Å². The number of halogens is 1. The molecule has 0 bridgehead atoms. The Balaban J connectivity index is 2.01. The fraction of sp³-hybridized carbons (Fsp3) is 0.250. The van der Waals surface area contributed by atoms with Crippen molar-refractivity contribution in [1.82, 2.24) is 9.66 Å². The lowest BCUT2D eigenvalue weighted by Gasteiger charge is -2.17. The summed E-state index contributed by atoms with van der Waals surface area (Å²) >= 11 is 3.48. The SMILES string of the molecule is CC[C@H](C)Oc1c(Br)cc(C=Nn2c(=O)[nH]c3ccccc3c2=O)cc1OC. The predicted molar refractivity (Wildman–Crippen MR) is 113 cm³/mol.